The van der Waals surface area contributed by atoms with Crippen LogP contribution in [0.2, 0.25) is 0 Å². The molecule has 0 saturated carbocycles. The van der Waals surface area contributed by atoms with Gasteiger partial charge in [-0.3, -0.25) is 9.59 Å². The highest BCUT2D eigenvalue weighted by Crippen LogP contribution is 2.23. The van der Waals surface area contributed by atoms with Crippen LogP contribution < -0.4 is 0 Å². The molecule has 0 radical (unpaired) electrons. The van der Waals surface area contributed by atoms with E-state index in [0.717, 1.165) is 64.2 Å². The Hall–Kier alpha value is -1.82. The molecule has 1 fully saturated rings. The minimum Gasteiger partial charge on any atom is -0.462 e. The molecule has 4 N–H and O–H groups in total. The van der Waals surface area contributed by atoms with Crippen LogP contribution in [0.15, 0.2) is 24.3 Å². The van der Waals surface area contributed by atoms with Gasteiger partial charge < -0.3 is 39.4 Å². The first kappa shape index (κ1) is 52.2. The Morgan fingerprint density at radius 2 is 0.946 bits per heavy atom. The Kier molecular flexibility index (Phi) is 34.9. The van der Waals surface area contributed by atoms with Gasteiger partial charge in [-0.1, -0.05) is 147 Å². The zero-order valence-electron chi connectivity index (χ0n) is 35.6. The average molecular weight is 797 g/mol. The average Bonchev–Trinajstić information content (AvgIpc) is 3.19. The van der Waals surface area contributed by atoms with E-state index in [4.69, 9.17) is 18.9 Å². The molecule has 1 rings (SSSR count). The van der Waals surface area contributed by atoms with E-state index < -0.39 is 49.4 Å². The van der Waals surface area contributed by atoms with Crippen molar-refractivity contribution in [3.05, 3.63) is 24.3 Å². The molecule has 0 spiro atoms. The van der Waals surface area contributed by atoms with Crippen molar-refractivity contribution in [2.75, 3.05) is 19.8 Å². The summed E-state index contributed by atoms with van der Waals surface area (Å²) in [5.41, 5.74) is 0. The Balaban J connectivity index is 2.29. The first-order valence-electron chi connectivity index (χ1n) is 22.9. The van der Waals surface area contributed by atoms with Gasteiger partial charge in [0, 0.05) is 12.8 Å². The summed E-state index contributed by atoms with van der Waals surface area (Å²) in [5.74, 6) is -0.815. The molecule has 1 aliphatic rings. The summed E-state index contributed by atoms with van der Waals surface area (Å²) in [7, 11) is 0. The number of allylic oxidation sites excluding steroid dienone is 4. The number of aliphatic hydroxyl groups is 4. The van der Waals surface area contributed by atoms with Crippen molar-refractivity contribution in [2.24, 2.45) is 0 Å². The molecule has 0 aromatic rings. The molecule has 0 bridgehead atoms. The molecule has 0 aromatic heterocycles. The van der Waals surface area contributed by atoms with Crippen molar-refractivity contribution in [3.8, 4) is 0 Å². The largest absolute Gasteiger partial charge is 0.462 e. The van der Waals surface area contributed by atoms with Crippen LogP contribution in [0.4, 0.5) is 0 Å². The summed E-state index contributed by atoms with van der Waals surface area (Å²) in [6.07, 6.45) is 33.3. The minimum atomic E-state index is -1.59. The summed E-state index contributed by atoms with van der Waals surface area (Å²) >= 11 is 0. The lowest BCUT2D eigenvalue weighted by atomic mass is 9.99. The van der Waals surface area contributed by atoms with Gasteiger partial charge in [0.05, 0.1) is 13.2 Å². The van der Waals surface area contributed by atoms with Crippen molar-refractivity contribution in [3.63, 3.8) is 0 Å². The summed E-state index contributed by atoms with van der Waals surface area (Å²) in [5, 5.41) is 40.0. The first-order chi connectivity index (χ1) is 27.3. The maximum Gasteiger partial charge on any atom is 0.306 e. The number of esters is 2. The molecule has 0 aliphatic carbocycles. The second-order valence-corrected chi connectivity index (χ2v) is 15.8. The zero-order valence-corrected chi connectivity index (χ0v) is 35.6. The Morgan fingerprint density at radius 1 is 0.536 bits per heavy atom. The molecular weight excluding hydrogens is 712 g/mol. The van der Waals surface area contributed by atoms with Crippen molar-refractivity contribution in [1.29, 1.82) is 0 Å². The Bertz CT molecular complexity index is 970. The van der Waals surface area contributed by atoms with Gasteiger partial charge in [0.2, 0.25) is 0 Å². The fourth-order valence-electron chi connectivity index (χ4n) is 6.88. The van der Waals surface area contributed by atoms with Crippen molar-refractivity contribution in [2.45, 2.75) is 237 Å². The van der Waals surface area contributed by atoms with Crippen molar-refractivity contribution >= 4 is 11.9 Å². The van der Waals surface area contributed by atoms with Gasteiger partial charge in [0.15, 0.2) is 12.4 Å². The van der Waals surface area contributed by atoms with Gasteiger partial charge in [-0.25, -0.2) is 0 Å². The fraction of sp³-hybridized carbons (Fsp3) is 0.870. The lowest BCUT2D eigenvalue weighted by Gasteiger charge is -2.39. The van der Waals surface area contributed by atoms with Crippen LogP contribution in [-0.4, -0.2) is 89.0 Å². The van der Waals surface area contributed by atoms with Crippen LogP contribution in [0.3, 0.4) is 0 Å². The van der Waals surface area contributed by atoms with Gasteiger partial charge in [0.25, 0.3) is 0 Å². The second kappa shape index (κ2) is 37.5. The molecule has 328 valence electrons. The van der Waals surface area contributed by atoms with E-state index in [1.165, 1.54) is 103 Å². The summed E-state index contributed by atoms with van der Waals surface area (Å²) in [4.78, 5) is 25.3. The van der Waals surface area contributed by atoms with E-state index in [-0.39, 0.29) is 32.0 Å². The van der Waals surface area contributed by atoms with Gasteiger partial charge in [0.1, 0.15) is 31.0 Å². The van der Waals surface area contributed by atoms with Crippen molar-refractivity contribution < 1.29 is 49.0 Å². The van der Waals surface area contributed by atoms with E-state index in [1.54, 1.807) is 0 Å². The number of carbonyl (C=O) groups excluding carboxylic acids is 2. The van der Waals surface area contributed by atoms with Gasteiger partial charge >= 0.3 is 11.9 Å². The third kappa shape index (κ3) is 28.6. The highest BCUT2D eigenvalue weighted by Gasteiger charge is 2.44. The minimum absolute atomic E-state index is 0.219. The number of ether oxygens (including phenoxy) is 4. The van der Waals surface area contributed by atoms with Gasteiger partial charge in [-0.15, -0.1) is 0 Å². The molecule has 1 aliphatic heterocycles. The third-order valence-corrected chi connectivity index (χ3v) is 10.6. The maximum atomic E-state index is 12.7. The molecule has 1 saturated heterocycles. The number of hydrogen-bond donors (Lipinski definition) is 4. The summed E-state index contributed by atoms with van der Waals surface area (Å²) in [6, 6.07) is 0. The second-order valence-electron chi connectivity index (χ2n) is 15.8. The fourth-order valence-corrected chi connectivity index (χ4v) is 6.88. The molecule has 0 aromatic carbocycles. The van der Waals surface area contributed by atoms with E-state index in [9.17, 15) is 30.0 Å². The molecule has 0 amide bonds. The molecular formula is C46H84O10. The van der Waals surface area contributed by atoms with E-state index in [1.807, 2.05) is 0 Å². The van der Waals surface area contributed by atoms with E-state index >= 15 is 0 Å². The summed E-state index contributed by atoms with van der Waals surface area (Å²) in [6.45, 7) is 3.39. The topological polar surface area (TPSA) is 152 Å². The smallest absolute Gasteiger partial charge is 0.306 e. The van der Waals surface area contributed by atoms with Crippen LogP contribution in [0.5, 0.6) is 0 Å². The quantitative estimate of drug-likeness (QED) is 0.0270. The number of rotatable bonds is 38. The number of unbranched alkanes of at least 4 members (excludes halogenated alkanes) is 23. The molecule has 2 unspecified atom stereocenters. The van der Waals surface area contributed by atoms with Gasteiger partial charge in [-0.2, -0.15) is 0 Å². The van der Waals surface area contributed by atoms with Crippen LogP contribution in [-0.2, 0) is 28.5 Å². The normalized spacial score (nSPS) is 20.6. The molecule has 6 atom stereocenters. The predicted octanol–water partition coefficient (Wildman–Crippen LogP) is 9.72. The predicted molar refractivity (Wildman–Crippen MR) is 224 cm³/mol. The summed E-state index contributed by atoms with van der Waals surface area (Å²) < 4.78 is 22.1. The third-order valence-electron chi connectivity index (χ3n) is 10.6. The molecule has 10 nitrogen and oxygen atoms in total. The van der Waals surface area contributed by atoms with E-state index in [0.29, 0.717) is 6.42 Å². The Morgan fingerprint density at radius 3 is 1.43 bits per heavy atom. The van der Waals surface area contributed by atoms with Crippen LogP contribution >= 0.6 is 0 Å². The highest BCUT2D eigenvalue weighted by atomic mass is 16.7. The van der Waals surface area contributed by atoms with Crippen LogP contribution in [0, 0.1) is 0 Å². The first-order valence-corrected chi connectivity index (χ1v) is 22.9. The standard InChI is InChI=1S/C46H84O10/c1-3-5-7-9-11-13-15-17-18-19-20-21-22-23-25-26-28-30-32-34-41(48)53-37-39(38-54-46-45(52)44(51)43(50)40(36-47)56-46)55-42(49)35-33-31-29-27-24-16-14-12-10-8-6-4-2/h12,14,17-18,39-40,43-47,50-52H,3-11,13,15-16,19-38H2,1-2H3/b14-12+,18-17+/t39-,40-,43+,44?,45?,46-/m0/s1. The SMILES string of the molecule is CCCCC/C=C/CCCCCCCC(=O)O[C@@H](COC(=O)CCCCCCCCCCC/C=C/CCCCCCCC)CO[C@H]1O[C@@H](CO)[C@@H](O)C(O)C1O. The number of aliphatic hydroxyl groups excluding tert-OH is 4. The highest BCUT2D eigenvalue weighted by molar-refractivity contribution is 5.70. The van der Waals surface area contributed by atoms with Gasteiger partial charge in [-0.05, 0) is 64.2 Å². The molecule has 56 heavy (non-hydrogen) atoms. The number of hydrogen-bond acceptors (Lipinski definition) is 10. The zero-order chi connectivity index (χ0) is 40.9. The monoisotopic (exact) mass is 797 g/mol. The van der Waals surface area contributed by atoms with E-state index in [2.05, 4.69) is 38.2 Å². The van der Waals surface area contributed by atoms with Crippen LogP contribution in [0.1, 0.15) is 200 Å². The Labute approximate surface area is 341 Å². The lowest BCUT2D eigenvalue weighted by Crippen LogP contribution is -2.59. The lowest BCUT2D eigenvalue weighted by molar-refractivity contribution is -0.305. The van der Waals surface area contributed by atoms with Crippen molar-refractivity contribution in [1.82, 2.24) is 0 Å². The molecule has 1 heterocycles. The van der Waals surface area contributed by atoms with Crippen LogP contribution in [0.25, 0.3) is 0 Å². The molecule has 10 heteroatoms. The number of carbonyl (C=O) groups is 2. The maximum absolute atomic E-state index is 12.7.